The summed E-state index contributed by atoms with van der Waals surface area (Å²) in [5.74, 6) is 0. The highest BCUT2D eigenvalue weighted by Gasteiger charge is 2.07. The zero-order chi connectivity index (χ0) is 11.1. The van der Waals surface area contributed by atoms with Crippen molar-refractivity contribution in [2.75, 3.05) is 6.54 Å². The van der Waals surface area contributed by atoms with E-state index < -0.39 is 0 Å². The second-order valence-electron chi connectivity index (χ2n) is 3.95. The van der Waals surface area contributed by atoms with Crippen LogP contribution in [-0.2, 0) is 13.5 Å². The predicted octanol–water partition coefficient (Wildman–Crippen LogP) is 1.53. The highest BCUT2D eigenvalue weighted by Crippen LogP contribution is 2.05. The first kappa shape index (κ1) is 12.2. The van der Waals surface area contributed by atoms with Crippen LogP contribution in [0.2, 0.25) is 0 Å². The standard InChI is InChI=1S/C11H22N4/c1-4-8-12-10(5-2)6-7-11-9-13-14-15(11)3/h9-10,12H,4-8H2,1-3H3. The van der Waals surface area contributed by atoms with Gasteiger partial charge in [-0.05, 0) is 32.2 Å². The maximum atomic E-state index is 3.93. The fraction of sp³-hybridized carbons (Fsp3) is 0.818. The van der Waals surface area contributed by atoms with Crippen molar-refractivity contribution in [1.82, 2.24) is 20.3 Å². The van der Waals surface area contributed by atoms with E-state index in [1.807, 2.05) is 17.9 Å². The minimum Gasteiger partial charge on any atom is -0.314 e. The lowest BCUT2D eigenvalue weighted by atomic mass is 10.1. The van der Waals surface area contributed by atoms with Crippen molar-refractivity contribution < 1.29 is 0 Å². The highest BCUT2D eigenvalue weighted by atomic mass is 15.4. The Labute approximate surface area is 92.1 Å². The van der Waals surface area contributed by atoms with Crippen LogP contribution in [-0.4, -0.2) is 27.6 Å². The number of aromatic nitrogens is 3. The molecule has 0 spiro atoms. The molecule has 1 atom stereocenters. The molecule has 1 aromatic rings. The van der Waals surface area contributed by atoms with E-state index in [0.29, 0.717) is 6.04 Å². The molecule has 0 aliphatic heterocycles. The van der Waals surface area contributed by atoms with Gasteiger partial charge in [0.15, 0.2) is 0 Å². The molecular formula is C11H22N4. The zero-order valence-electron chi connectivity index (χ0n) is 10.0. The molecule has 86 valence electrons. The molecule has 0 aliphatic carbocycles. The molecule has 1 aromatic heterocycles. The Morgan fingerprint density at radius 2 is 2.27 bits per heavy atom. The molecule has 1 unspecified atom stereocenters. The van der Waals surface area contributed by atoms with Gasteiger partial charge >= 0.3 is 0 Å². The summed E-state index contributed by atoms with van der Waals surface area (Å²) >= 11 is 0. The molecular weight excluding hydrogens is 188 g/mol. The Morgan fingerprint density at radius 3 is 2.80 bits per heavy atom. The van der Waals surface area contributed by atoms with Crippen molar-refractivity contribution in [2.24, 2.45) is 7.05 Å². The van der Waals surface area contributed by atoms with Gasteiger partial charge in [0.25, 0.3) is 0 Å². The summed E-state index contributed by atoms with van der Waals surface area (Å²) in [7, 11) is 1.95. The molecule has 1 rings (SSSR count). The molecule has 4 nitrogen and oxygen atoms in total. The molecule has 0 radical (unpaired) electrons. The van der Waals surface area contributed by atoms with Crippen molar-refractivity contribution in [2.45, 2.75) is 45.6 Å². The maximum absolute atomic E-state index is 3.93. The molecule has 0 bridgehead atoms. The lowest BCUT2D eigenvalue weighted by molar-refractivity contribution is 0.462. The normalized spacial score (nSPS) is 13.0. The van der Waals surface area contributed by atoms with Gasteiger partial charge in [-0.2, -0.15) is 0 Å². The Hall–Kier alpha value is -0.900. The summed E-state index contributed by atoms with van der Waals surface area (Å²) in [6, 6.07) is 0.625. The molecule has 1 heterocycles. The van der Waals surface area contributed by atoms with Crippen LogP contribution in [0.15, 0.2) is 6.20 Å². The van der Waals surface area contributed by atoms with E-state index in [9.17, 15) is 0 Å². The van der Waals surface area contributed by atoms with Crippen LogP contribution in [0.4, 0.5) is 0 Å². The average Bonchev–Trinajstić information content (AvgIpc) is 2.65. The molecule has 15 heavy (non-hydrogen) atoms. The van der Waals surface area contributed by atoms with Crippen LogP contribution < -0.4 is 5.32 Å². The van der Waals surface area contributed by atoms with E-state index in [1.165, 1.54) is 18.5 Å². The first-order chi connectivity index (χ1) is 7.27. The van der Waals surface area contributed by atoms with Crippen LogP contribution in [0.5, 0.6) is 0 Å². The molecule has 0 saturated carbocycles. The van der Waals surface area contributed by atoms with Crippen LogP contribution in [0.3, 0.4) is 0 Å². The number of rotatable bonds is 7. The summed E-state index contributed by atoms with van der Waals surface area (Å²) in [5, 5.41) is 11.4. The number of aryl methyl sites for hydroxylation is 2. The molecule has 0 aliphatic rings. The van der Waals surface area contributed by atoms with E-state index >= 15 is 0 Å². The largest absolute Gasteiger partial charge is 0.314 e. The van der Waals surface area contributed by atoms with E-state index in [1.54, 1.807) is 0 Å². The summed E-state index contributed by atoms with van der Waals surface area (Å²) < 4.78 is 1.85. The molecule has 0 fully saturated rings. The van der Waals surface area contributed by atoms with E-state index in [4.69, 9.17) is 0 Å². The van der Waals surface area contributed by atoms with Gasteiger partial charge in [-0.3, -0.25) is 4.68 Å². The Morgan fingerprint density at radius 1 is 1.47 bits per heavy atom. The fourth-order valence-corrected chi connectivity index (χ4v) is 1.66. The van der Waals surface area contributed by atoms with Gasteiger partial charge in [-0.25, -0.2) is 0 Å². The summed E-state index contributed by atoms with van der Waals surface area (Å²) in [6.07, 6.45) is 6.46. The molecule has 0 saturated heterocycles. The first-order valence-corrected chi connectivity index (χ1v) is 5.84. The second kappa shape index (κ2) is 6.56. The van der Waals surface area contributed by atoms with Crippen molar-refractivity contribution in [3.8, 4) is 0 Å². The lowest BCUT2D eigenvalue weighted by Crippen LogP contribution is -2.29. The van der Waals surface area contributed by atoms with Gasteiger partial charge in [-0.1, -0.05) is 19.1 Å². The zero-order valence-corrected chi connectivity index (χ0v) is 10.0. The van der Waals surface area contributed by atoms with Gasteiger partial charge in [0.05, 0.1) is 11.9 Å². The minimum absolute atomic E-state index is 0.625. The monoisotopic (exact) mass is 210 g/mol. The summed E-state index contributed by atoms with van der Waals surface area (Å²) in [6.45, 7) is 5.54. The SMILES string of the molecule is CCCNC(CC)CCc1cnnn1C. The van der Waals surface area contributed by atoms with Crippen molar-refractivity contribution in [3.05, 3.63) is 11.9 Å². The predicted molar refractivity (Wildman–Crippen MR) is 61.7 cm³/mol. The third kappa shape index (κ3) is 4.00. The Balaban J connectivity index is 2.31. The summed E-state index contributed by atoms with van der Waals surface area (Å²) in [5.41, 5.74) is 1.21. The minimum atomic E-state index is 0.625. The van der Waals surface area contributed by atoms with Crippen molar-refractivity contribution in [1.29, 1.82) is 0 Å². The van der Waals surface area contributed by atoms with E-state index in [-0.39, 0.29) is 0 Å². The third-order valence-electron chi connectivity index (χ3n) is 2.73. The smallest absolute Gasteiger partial charge is 0.0724 e. The van der Waals surface area contributed by atoms with Gasteiger partial charge in [-0.15, -0.1) is 5.10 Å². The van der Waals surface area contributed by atoms with Crippen LogP contribution in [0, 0.1) is 0 Å². The maximum Gasteiger partial charge on any atom is 0.0724 e. The number of hydrogen-bond acceptors (Lipinski definition) is 3. The van der Waals surface area contributed by atoms with E-state index in [0.717, 1.165) is 19.4 Å². The topological polar surface area (TPSA) is 42.7 Å². The highest BCUT2D eigenvalue weighted by molar-refractivity contribution is 4.94. The third-order valence-corrected chi connectivity index (χ3v) is 2.73. The quantitative estimate of drug-likeness (QED) is 0.742. The molecule has 0 amide bonds. The van der Waals surface area contributed by atoms with Gasteiger partial charge < -0.3 is 5.32 Å². The number of nitrogens with zero attached hydrogens (tertiary/aromatic N) is 3. The van der Waals surface area contributed by atoms with Crippen LogP contribution in [0.25, 0.3) is 0 Å². The Kier molecular flexibility index (Phi) is 5.32. The average molecular weight is 210 g/mol. The van der Waals surface area contributed by atoms with Gasteiger partial charge in [0.1, 0.15) is 0 Å². The van der Waals surface area contributed by atoms with Crippen molar-refractivity contribution >= 4 is 0 Å². The lowest BCUT2D eigenvalue weighted by Gasteiger charge is -2.15. The first-order valence-electron chi connectivity index (χ1n) is 5.84. The van der Waals surface area contributed by atoms with Crippen LogP contribution >= 0.6 is 0 Å². The van der Waals surface area contributed by atoms with Crippen molar-refractivity contribution in [3.63, 3.8) is 0 Å². The summed E-state index contributed by atoms with van der Waals surface area (Å²) in [4.78, 5) is 0. The van der Waals surface area contributed by atoms with Gasteiger partial charge in [0, 0.05) is 13.1 Å². The number of nitrogens with one attached hydrogen (secondary N) is 1. The Bertz CT molecular complexity index is 269. The van der Waals surface area contributed by atoms with E-state index in [2.05, 4.69) is 29.5 Å². The van der Waals surface area contributed by atoms with Gasteiger partial charge in [0.2, 0.25) is 0 Å². The molecule has 1 N–H and O–H groups in total. The fourth-order valence-electron chi connectivity index (χ4n) is 1.66. The number of hydrogen-bond donors (Lipinski definition) is 1. The molecule has 4 heteroatoms. The molecule has 0 aromatic carbocycles. The van der Waals surface area contributed by atoms with Crippen LogP contribution in [0.1, 0.15) is 38.8 Å². The second-order valence-corrected chi connectivity index (χ2v) is 3.95.